The number of carbonyl (C=O) groups is 2. The SMILES string of the molecule is O=C(Nc1cccc2cc3cccc(NC(=O)c4cccc([N+](=O)[O-])c4)c3cc12)c1cccc([N+](=O)[O-])c1. The zero-order valence-corrected chi connectivity index (χ0v) is 19.6. The van der Waals surface area contributed by atoms with Crippen molar-refractivity contribution in [1.29, 1.82) is 0 Å². The van der Waals surface area contributed by atoms with Gasteiger partial charge in [0.05, 0.1) is 9.85 Å². The molecule has 0 saturated carbocycles. The van der Waals surface area contributed by atoms with Gasteiger partial charge < -0.3 is 10.6 Å². The maximum Gasteiger partial charge on any atom is 0.270 e. The fourth-order valence-electron chi connectivity index (χ4n) is 4.18. The highest BCUT2D eigenvalue weighted by atomic mass is 16.6. The summed E-state index contributed by atoms with van der Waals surface area (Å²) in [6.07, 6.45) is 0. The molecular weight excluding hydrogens is 488 g/mol. The van der Waals surface area contributed by atoms with E-state index in [-0.39, 0.29) is 22.5 Å². The van der Waals surface area contributed by atoms with Crippen LogP contribution in [0.15, 0.2) is 97.1 Å². The van der Waals surface area contributed by atoms with E-state index < -0.39 is 21.7 Å². The number of benzene rings is 5. The molecule has 0 aliphatic carbocycles. The number of nitro benzene ring substituents is 2. The Morgan fingerprint density at radius 1 is 0.553 bits per heavy atom. The molecule has 5 rings (SSSR count). The topological polar surface area (TPSA) is 144 Å². The summed E-state index contributed by atoms with van der Waals surface area (Å²) in [6.45, 7) is 0. The summed E-state index contributed by atoms with van der Waals surface area (Å²) in [5.74, 6) is -1.01. The van der Waals surface area contributed by atoms with Gasteiger partial charge in [0.25, 0.3) is 23.2 Å². The Morgan fingerprint density at radius 2 is 0.974 bits per heavy atom. The third-order valence-electron chi connectivity index (χ3n) is 6.01. The van der Waals surface area contributed by atoms with Gasteiger partial charge in [0.2, 0.25) is 0 Å². The van der Waals surface area contributed by atoms with Crippen LogP contribution in [0.2, 0.25) is 0 Å². The fourth-order valence-corrected chi connectivity index (χ4v) is 4.18. The Bertz CT molecular complexity index is 1660. The second-order valence-electron chi connectivity index (χ2n) is 8.43. The molecule has 2 amide bonds. The van der Waals surface area contributed by atoms with E-state index in [1.54, 1.807) is 24.3 Å². The number of amides is 2. The van der Waals surface area contributed by atoms with Crippen molar-refractivity contribution in [3.63, 3.8) is 0 Å². The van der Waals surface area contributed by atoms with Gasteiger partial charge in [-0.2, -0.15) is 0 Å². The normalized spacial score (nSPS) is 10.7. The third kappa shape index (κ3) is 4.73. The number of nitrogens with zero attached hydrogens (tertiary/aromatic N) is 2. The predicted molar refractivity (Wildman–Crippen MR) is 144 cm³/mol. The van der Waals surface area contributed by atoms with Crippen LogP contribution in [0, 0.1) is 20.2 Å². The number of hydrogen-bond acceptors (Lipinski definition) is 6. The monoisotopic (exact) mass is 506 g/mol. The maximum absolute atomic E-state index is 12.9. The average Bonchev–Trinajstić information content (AvgIpc) is 2.92. The number of nitrogens with one attached hydrogen (secondary N) is 2. The van der Waals surface area contributed by atoms with Gasteiger partial charge in [-0.05, 0) is 47.2 Å². The molecule has 2 N–H and O–H groups in total. The number of rotatable bonds is 6. The number of hydrogen-bond donors (Lipinski definition) is 2. The van der Waals surface area contributed by atoms with Crippen LogP contribution < -0.4 is 10.6 Å². The first-order valence-corrected chi connectivity index (χ1v) is 11.4. The van der Waals surface area contributed by atoms with Crippen molar-refractivity contribution in [2.24, 2.45) is 0 Å². The van der Waals surface area contributed by atoms with E-state index in [2.05, 4.69) is 10.6 Å². The van der Waals surface area contributed by atoms with Gasteiger partial charge in [0.1, 0.15) is 0 Å². The van der Waals surface area contributed by atoms with E-state index in [0.717, 1.165) is 10.8 Å². The molecule has 0 aliphatic rings. The van der Waals surface area contributed by atoms with Crippen LogP contribution in [0.5, 0.6) is 0 Å². The van der Waals surface area contributed by atoms with Gasteiger partial charge in [0.15, 0.2) is 0 Å². The minimum atomic E-state index is -0.565. The Labute approximate surface area is 214 Å². The van der Waals surface area contributed by atoms with Crippen molar-refractivity contribution >= 4 is 56.1 Å². The van der Waals surface area contributed by atoms with E-state index in [1.807, 2.05) is 24.3 Å². The molecule has 0 aliphatic heterocycles. The van der Waals surface area contributed by atoms with Crippen LogP contribution in [0.25, 0.3) is 21.5 Å². The lowest BCUT2D eigenvalue weighted by molar-refractivity contribution is -0.385. The van der Waals surface area contributed by atoms with Gasteiger partial charge in [-0.15, -0.1) is 0 Å². The van der Waals surface area contributed by atoms with E-state index in [1.165, 1.54) is 48.5 Å². The molecule has 0 spiro atoms. The molecule has 0 atom stereocenters. The highest BCUT2D eigenvalue weighted by Gasteiger charge is 2.15. The first kappa shape index (κ1) is 24.1. The molecule has 5 aromatic rings. The smallest absolute Gasteiger partial charge is 0.270 e. The Hall–Kier alpha value is -5.64. The summed E-state index contributed by atoms with van der Waals surface area (Å²) in [5, 5.41) is 30.9. The maximum atomic E-state index is 12.9. The van der Waals surface area contributed by atoms with E-state index in [4.69, 9.17) is 0 Å². The van der Waals surface area contributed by atoms with Gasteiger partial charge in [-0.25, -0.2) is 0 Å². The molecule has 0 radical (unpaired) electrons. The minimum Gasteiger partial charge on any atom is -0.321 e. The lowest BCUT2D eigenvalue weighted by Gasteiger charge is -2.13. The number of fused-ring (bicyclic) bond motifs is 2. The molecule has 5 aromatic carbocycles. The Morgan fingerprint density at radius 3 is 1.39 bits per heavy atom. The highest BCUT2D eigenvalue weighted by molar-refractivity contribution is 6.15. The van der Waals surface area contributed by atoms with E-state index in [0.29, 0.717) is 22.1 Å². The van der Waals surface area contributed by atoms with Gasteiger partial charge in [-0.1, -0.05) is 36.4 Å². The minimum absolute atomic E-state index is 0.141. The quantitative estimate of drug-likeness (QED) is 0.157. The first-order valence-electron chi connectivity index (χ1n) is 11.4. The Balaban J connectivity index is 1.51. The molecule has 0 fully saturated rings. The van der Waals surface area contributed by atoms with Crippen LogP contribution in [-0.2, 0) is 0 Å². The average molecular weight is 506 g/mol. The van der Waals surface area contributed by atoms with E-state index >= 15 is 0 Å². The molecule has 38 heavy (non-hydrogen) atoms. The molecule has 10 nitrogen and oxygen atoms in total. The Kier molecular flexibility index (Phi) is 6.20. The lowest BCUT2D eigenvalue weighted by atomic mass is 10.0. The fraction of sp³-hybridized carbons (Fsp3) is 0. The molecule has 0 saturated heterocycles. The largest absolute Gasteiger partial charge is 0.321 e. The van der Waals surface area contributed by atoms with Gasteiger partial charge in [0, 0.05) is 57.5 Å². The van der Waals surface area contributed by atoms with Crippen molar-refractivity contribution < 1.29 is 19.4 Å². The van der Waals surface area contributed by atoms with E-state index in [9.17, 15) is 29.8 Å². The first-order chi connectivity index (χ1) is 18.3. The van der Waals surface area contributed by atoms with Crippen LogP contribution in [0.4, 0.5) is 22.7 Å². The second-order valence-corrected chi connectivity index (χ2v) is 8.43. The van der Waals surface area contributed by atoms with Crippen LogP contribution in [-0.4, -0.2) is 21.7 Å². The van der Waals surface area contributed by atoms with Crippen LogP contribution in [0.3, 0.4) is 0 Å². The van der Waals surface area contributed by atoms with Crippen molar-refractivity contribution in [2.45, 2.75) is 0 Å². The van der Waals surface area contributed by atoms with Crippen LogP contribution >= 0.6 is 0 Å². The predicted octanol–water partition coefficient (Wildman–Crippen LogP) is 6.31. The highest BCUT2D eigenvalue weighted by Crippen LogP contribution is 2.33. The summed E-state index contributed by atoms with van der Waals surface area (Å²) in [7, 11) is 0. The van der Waals surface area contributed by atoms with Crippen LogP contribution in [0.1, 0.15) is 20.7 Å². The molecular formula is C28H18N4O6. The third-order valence-corrected chi connectivity index (χ3v) is 6.01. The van der Waals surface area contributed by atoms with Gasteiger partial charge >= 0.3 is 0 Å². The second kappa shape index (κ2) is 9.78. The molecule has 0 unspecified atom stereocenters. The summed E-state index contributed by atoms with van der Waals surface area (Å²) in [5.41, 5.74) is 0.877. The molecule has 10 heteroatoms. The molecule has 186 valence electrons. The van der Waals surface area contributed by atoms with Gasteiger partial charge in [-0.3, -0.25) is 29.8 Å². The number of nitro groups is 2. The van der Waals surface area contributed by atoms with Crippen molar-refractivity contribution in [3.8, 4) is 0 Å². The van der Waals surface area contributed by atoms with Crippen molar-refractivity contribution in [1.82, 2.24) is 0 Å². The molecule has 0 bridgehead atoms. The standard InChI is InChI=1S/C28H18N4O6/c33-27(19-7-1-9-21(14-19)31(35)36)29-25-11-3-5-17-13-18-6-4-12-26(24(18)16-23(17)25)30-28(34)20-8-2-10-22(15-20)32(37)38/h1-16H,(H,29,33)(H,30,34). The number of anilines is 2. The summed E-state index contributed by atoms with van der Waals surface area (Å²) in [6, 6.07) is 25.4. The summed E-state index contributed by atoms with van der Waals surface area (Å²) >= 11 is 0. The summed E-state index contributed by atoms with van der Waals surface area (Å²) < 4.78 is 0. The summed E-state index contributed by atoms with van der Waals surface area (Å²) in [4.78, 5) is 46.9. The lowest BCUT2D eigenvalue weighted by Crippen LogP contribution is -2.13. The number of carbonyl (C=O) groups excluding carboxylic acids is 2. The zero-order chi connectivity index (χ0) is 26.8. The van der Waals surface area contributed by atoms with Crippen molar-refractivity contribution in [2.75, 3.05) is 10.6 Å². The number of non-ortho nitro benzene ring substituents is 2. The molecule has 0 aromatic heterocycles. The zero-order valence-electron chi connectivity index (χ0n) is 19.6. The van der Waals surface area contributed by atoms with Crippen molar-refractivity contribution in [3.05, 3.63) is 128 Å². The molecule has 0 heterocycles.